The number of aromatic nitrogens is 3. The molecule has 0 spiro atoms. The quantitative estimate of drug-likeness (QED) is 0.303. The van der Waals surface area contributed by atoms with Crippen molar-refractivity contribution in [3.63, 3.8) is 0 Å². The van der Waals surface area contributed by atoms with Crippen molar-refractivity contribution in [1.82, 2.24) is 25.6 Å². The SMILES string of the molecule is O=C(NCCNCc1ccc[nH]1)c1sccc1Nc1ccnc2[nH]ccc12. The van der Waals surface area contributed by atoms with Gasteiger partial charge in [-0.1, -0.05) is 0 Å². The maximum atomic E-state index is 12.5. The number of carbonyl (C=O) groups is 1. The van der Waals surface area contributed by atoms with Crippen LogP contribution in [-0.2, 0) is 6.54 Å². The summed E-state index contributed by atoms with van der Waals surface area (Å²) in [6, 6.07) is 9.78. The Morgan fingerprint density at radius 1 is 1.07 bits per heavy atom. The standard InChI is InChI=1S/C19H20N6OS/c26-19(24-10-9-20-12-13-2-1-6-21-13)17-16(5-11-27-17)25-15-4-8-23-18-14(15)3-7-22-18/h1-8,11,20-21H,9-10,12H2,(H,24,26)(H2,22,23,25). The fourth-order valence-corrected chi connectivity index (χ4v) is 3.61. The van der Waals surface area contributed by atoms with E-state index in [4.69, 9.17) is 0 Å². The van der Waals surface area contributed by atoms with Gasteiger partial charge in [0.2, 0.25) is 0 Å². The molecule has 0 aliphatic carbocycles. The Morgan fingerprint density at radius 2 is 2.04 bits per heavy atom. The van der Waals surface area contributed by atoms with E-state index in [-0.39, 0.29) is 5.91 Å². The van der Waals surface area contributed by atoms with Crippen molar-refractivity contribution >= 4 is 39.7 Å². The first-order valence-corrected chi connectivity index (χ1v) is 9.57. The van der Waals surface area contributed by atoms with Crippen molar-refractivity contribution in [3.8, 4) is 0 Å². The first-order valence-electron chi connectivity index (χ1n) is 8.69. The van der Waals surface area contributed by atoms with Gasteiger partial charge in [0.25, 0.3) is 5.91 Å². The van der Waals surface area contributed by atoms with Crippen LogP contribution in [-0.4, -0.2) is 33.9 Å². The minimum Gasteiger partial charge on any atom is -0.364 e. The van der Waals surface area contributed by atoms with Gasteiger partial charge in [-0.3, -0.25) is 4.79 Å². The van der Waals surface area contributed by atoms with Crippen molar-refractivity contribution in [2.75, 3.05) is 18.4 Å². The molecule has 1 amide bonds. The molecule has 0 saturated heterocycles. The molecule has 4 aromatic rings. The van der Waals surface area contributed by atoms with Gasteiger partial charge in [0.05, 0.1) is 11.4 Å². The molecular weight excluding hydrogens is 360 g/mol. The molecule has 0 aromatic carbocycles. The molecule has 8 heteroatoms. The van der Waals surface area contributed by atoms with Crippen molar-refractivity contribution in [2.24, 2.45) is 0 Å². The van der Waals surface area contributed by atoms with E-state index in [0.29, 0.717) is 18.0 Å². The van der Waals surface area contributed by atoms with E-state index in [0.717, 1.165) is 34.6 Å². The molecule has 4 heterocycles. The average Bonchev–Trinajstić information content (AvgIpc) is 3.43. The van der Waals surface area contributed by atoms with Crippen LogP contribution in [0.4, 0.5) is 11.4 Å². The molecule has 138 valence electrons. The molecule has 7 nitrogen and oxygen atoms in total. The molecule has 5 N–H and O–H groups in total. The van der Waals surface area contributed by atoms with Crippen molar-refractivity contribution in [2.45, 2.75) is 6.54 Å². The second-order valence-electron chi connectivity index (χ2n) is 6.01. The van der Waals surface area contributed by atoms with Crippen LogP contribution in [0, 0.1) is 0 Å². The molecular formula is C19H20N6OS. The Hall–Kier alpha value is -3.10. The van der Waals surface area contributed by atoms with Gasteiger partial charge >= 0.3 is 0 Å². The van der Waals surface area contributed by atoms with Crippen molar-refractivity contribution in [3.05, 3.63) is 64.9 Å². The van der Waals surface area contributed by atoms with Gasteiger partial charge in [0.15, 0.2) is 0 Å². The predicted octanol–water partition coefficient (Wildman–Crippen LogP) is 3.22. The molecule has 0 bridgehead atoms. The smallest absolute Gasteiger partial charge is 0.263 e. The normalized spacial score (nSPS) is 11.0. The summed E-state index contributed by atoms with van der Waals surface area (Å²) < 4.78 is 0. The third kappa shape index (κ3) is 4.02. The lowest BCUT2D eigenvalue weighted by atomic mass is 10.2. The summed E-state index contributed by atoms with van der Waals surface area (Å²) in [7, 11) is 0. The first kappa shape index (κ1) is 17.3. The van der Waals surface area contributed by atoms with E-state index in [1.807, 2.05) is 48.1 Å². The van der Waals surface area contributed by atoms with E-state index in [2.05, 4.69) is 30.9 Å². The number of nitrogens with one attached hydrogen (secondary N) is 5. The van der Waals surface area contributed by atoms with Crippen LogP contribution in [0.5, 0.6) is 0 Å². The Kier molecular flexibility index (Phi) is 5.17. The summed E-state index contributed by atoms with van der Waals surface area (Å²) in [5.41, 5.74) is 3.65. The van der Waals surface area contributed by atoms with Crippen molar-refractivity contribution in [1.29, 1.82) is 0 Å². The molecule has 4 aromatic heterocycles. The van der Waals surface area contributed by atoms with E-state index in [1.165, 1.54) is 11.3 Å². The lowest BCUT2D eigenvalue weighted by Gasteiger charge is -2.09. The van der Waals surface area contributed by atoms with Gasteiger partial charge in [-0.25, -0.2) is 4.98 Å². The summed E-state index contributed by atoms with van der Waals surface area (Å²) in [5, 5.41) is 12.5. The monoisotopic (exact) mass is 380 g/mol. The topological polar surface area (TPSA) is 97.6 Å². The predicted molar refractivity (Wildman–Crippen MR) is 109 cm³/mol. The number of thiophene rings is 1. The molecule has 0 aliphatic heterocycles. The van der Waals surface area contributed by atoms with Crippen molar-refractivity contribution < 1.29 is 4.79 Å². The largest absolute Gasteiger partial charge is 0.364 e. The molecule has 0 unspecified atom stereocenters. The maximum Gasteiger partial charge on any atom is 0.263 e. The summed E-state index contributed by atoms with van der Waals surface area (Å²) in [4.78, 5) is 23.7. The lowest BCUT2D eigenvalue weighted by molar-refractivity contribution is 0.0958. The number of rotatable bonds is 8. The number of hydrogen-bond donors (Lipinski definition) is 5. The fraction of sp³-hybridized carbons (Fsp3) is 0.158. The fourth-order valence-electron chi connectivity index (χ4n) is 2.84. The summed E-state index contributed by atoms with van der Waals surface area (Å²) in [5.74, 6) is -0.0754. The Balaban J connectivity index is 1.34. The highest BCUT2D eigenvalue weighted by Gasteiger charge is 2.14. The number of amides is 1. The lowest BCUT2D eigenvalue weighted by Crippen LogP contribution is -2.31. The number of anilines is 2. The zero-order chi connectivity index (χ0) is 18.5. The van der Waals surface area contributed by atoms with Crippen LogP contribution >= 0.6 is 11.3 Å². The van der Waals surface area contributed by atoms with E-state index >= 15 is 0 Å². The van der Waals surface area contributed by atoms with Crippen LogP contribution < -0.4 is 16.0 Å². The zero-order valence-corrected chi connectivity index (χ0v) is 15.4. The first-order chi connectivity index (χ1) is 13.3. The minimum atomic E-state index is -0.0754. The number of aromatic amines is 2. The molecule has 0 aliphatic rings. The zero-order valence-electron chi connectivity index (χ0n) is 14.6. The van der Waals surface area contributed by atoms with Gasteiger partial charge in [0, 0.05) is 49.3 Å². The molecule has 0 saturated carbocycles. The molecule has 27 heavy (non-hydrogen) atoms. The third-order valence-electron chi connectivity index (χ3n) is 4.17. The maximum absolute atomic E-state index is 12.5. The second-order valence-corrected chi connectivity index (χ2v) is 6.93. The highest BCUT2D eigenvalue weighted by atomic mass is 32.1. The summed E-state index contributed by atoms with van der Waals surface area (Å²) in [6.45, 7) is 2.02. The molecule has 0 radical (unpaired) electrons. The number of pyridine rings is 1. The summed E-state index contributed by atoms with van der Waals surface area (Å²) >= 11 is 1.42. The number of nitrogens with zero attached hydrogens (tertiary/aromatic N) is 1. The van der Waals surface area contributed by atoms with Gasteiger partial charge in [-0.15, -0.1) is 11.3 Å². The molecule has 4 rings (SSSR count). The van der Waals surface area contributed by atoms with Crippen LogP contribution in [0.1, 0.15) is 15.4 Å². The Bertz CT molecular complexity index is 1020. The summed E-state index contributed by atoms with van der Waals surface area (Å²) in [6.07, 6.45) is 5.49. The highest BCUT2D eigenvalue weighted by molar-refractivity contribution is 7.12. The third-order valence-corrected chi connectivity index (χ3v) is 5.08. The minimum absolute atomic E-state index is 0.0754. The molecule has 0 atom stereocenters. The number of carbonyl (C=O) groups excluding carboxylic acids is 1. The van der Waals surface area contributed by atoms with Crippen LogP contribution in [0.2, 0.25) is 0 Å². The average molecular weight is 380 g/mol. The second kappa shape index (κ2) is 8.07. The highest BCUT2D eigenvalue weighted by Crippen LogP contribution is 2.29. The van der Waals surface area contributed by atoms with Gasteiger partial charge in [-0.05, 0) is 35.7 Å². The van der Waals surface area contributed by atoms with Gasteiger partial charge in [-0.2, -0.15) is 0 Å². The van der Waals surface area contributed by atoms with E-state index in [1.54, 1.807) is 6.20 Å². The Morgan fingerprint density at radius 3 is 2.93 bits per heavy atom. The molecule has 0 fully saturated rings. The number of H-pyrrole nitrogens is 2. The van der Waals surface area contributed by atoms with E-state index in [9.17, 15) is 4.79 Å². The van der Waals surface area contributed by atoms with Gasteiger partial charge < -0.3 is 25.9 Å². The van der Waals surface area contributed by atoms with Crippen LogP contribution in [0.3, 0.4) is 0 Å². The van der Waals surface area contributed by atoms with E-state index < -0.39 is 0 Å². The van der Waals surface area contributed by atoms with Crippen LogP contribution in [0.25, 0.3) is 11.0 Å². The number of fused-ring (bicyclic) bond motifs is 1. The van der Waals surface area contributed by atoms with Crippen LogP contribution in [0.15, 0.2) is 54.3 Å². The number of hydrogen-bond acceptors (Lipinski definition) is 5. The Labute approximate surface area is 160 Å². The van der Waals surface area contributed by atoms with Gasteiger partial charge in [0.1, 0.15) is 10.5 Å².